The van der Waals surface area contributed by atoms with Gasteiger partial charge in [-0.2, -0.15) is 0 Å². The van der Waals surface area contributed by atoms with Crippen LogP contribution in [0, 0.1) is 0 Å². The molecule has 3 rings (SSSR count). The minimum absolute atomic E-state index is 0.186. The molecule has 0 radical (unpaired) electrons. The molecule has 2 aliphatic heterocycles. The van der Waals surface area contributed by atoms with Crippen molar-refractivity contribution in [3.8, 4) is 0 Å². The number of carbonyl (C=O) groups excluding carboxylic acids is 3. The normalized spacial score (nSPS) is 19.0. The van der Waals surface area contributed by atoms with E-state index in [2.05, 4.69) is 5.32 Å². The first-order valence-corrected chi connectivity index (χ1v) is 7.73. The monoisotopic (exact) mass is 337 g/mol. The maximum Gasteiger partial charge on any atom is 0.417 e. The van der Waals surface area contributed by atoms with Crippen LogP contribution in [0.1, 0.15) is 12.8 Å². The first kappa shape index (κ1) is 15.6. The van der Waals surface area contributed by atoms with Crippen LogP contribution in [0.25, 0.3) is 0 Å². The van der Waals surface area contributed by atoms with Gasteiger partial charge in [0.05, 0.1) is 0 Å². The van der Waals surface area contributed by atoms with Crippen LogP contribution in [-0.2, 0) is 9.53 Å². The molecular weight excluding hydrogens is 322 g/mol. The zero-order valence-corrected chi connectivity index (χ0v) is 13.1. The summed E-state index contributed by atoms with van der Waals surface area (Å²) < 4.78 is 4.73. The number of imide groups is 1. The number of benzene rings is 1. The van der Waals surface area contributed by atoms with Crippen LogP contribution in [-0.4, -0.2) is 53.6 Å². The minimum atomic E-state index is -0.586. The molecule has 0 aliphatic carbocycles. The lowest BCUT2D eigenvalue weighted by atomic mass is 10.0. The van der Waals surface area contributed by atoms with Gasteiger partial charge in [0, 0.05) is 29.8 Å². The highest BCUT2D eigenvalue weighted by Gasteiger charge is 2.38. The Morgan fingerprint density at radius 1 is 1.26 bits per heavy atom. The summed E-state index contributed by atoms with van der Waals surface area (Å²) in [5, 5.41) is 3.33. The molecule has 7 nitrogen and oxygen atoms in total. The molecular formula is C15H16ClN3O4. The molecule has 0 unspecified atom stereocenters. The Labute approximate surface area is 138 Å². The Kier molecular flexibility index (Phi) is 4.38. The SMILES string of the molecule is O=C(Nc1cccc(Cl)c1)N1CCC(N2C(=O)COC2=O)CC1. The Balaban J connectivity index is 1.55. The molecule has 2 aliphatic rings. The van der Waals surface area contributed by atoms with Gasteiger partial charge in [-0.1, -0.05) is 17.7 Å². The smallest absolute Gasteiger partial charge is 0.417 e. The highest BCUT2D eigenvalue weighted by atomic mass is 35.5. The lowest BCUT2D eigenvalue weighted by molar-refractivity contribution is -0.127. The fourth-order valence-corrected chi connectivity index (χ4v) is 3.00. The second kappa shape index (κ2) is 6.45. The molecule has 0 bridgehead atoms. The number of hydrogen-bond acceptors (Lipinski definition) is 4. The van der Waals surface area contributed by atoms with Gasteiger partial charge in [-0.05, 0) is 31.0 Å². The van der Waals surface area contributed by atoms with Crippen molar-refractivity contribution in [3.63, 3.8) is 0 Å². The predicted octanol–water partition coefficient (Wildman–Crippen LogP) is 2.32. The van der Waals surface area contributed by atoms with Crippen LogP contribution >= 0.6 is 11.6 Å². The summed E-state index contributed by atoms with van der Waals surface area (Å²) in [6, 6.07) is 6.50. The Morgan fingerprint density at radius 2 is 2.00 bits per heavy atom. The molecule has 8 heteroatoms. The molecule has 2 heterocycles. The second-order valence-electron chi connectivity index (χ2n) is 5.48. The van der Waals surface area contributed by atoms with E-state index in [0.717, 1.165) is 0 Å². The number of nitrogens with zero attached hydrogens (tertiary/aromatic N) is 2. The summed E-state index contributed by atoms with van der Waals surface area (Å²) in [7, 11) is 0. The van der Waals surface area contributed by atoms with Crippen LogP contribution in [0.15, 0.2) is 24.3 Å². The quantitative estimate of drug-likeness (QED) is 0.898. The highest BCUT2D eigenvalue weighted by Crippen LogP contribution is 2.22. The average Bonchev–Trinajstić information content (AvgIpc) is 2.86. The van der Waals surface area contributed by atoms with Gasteiger partial charge < -0.3 is 15.0 Å². The summed E-state index contributed by atoms with van der Waals surface area (Å²) in [4.78, 5) is 38.3. The number of likely N-dealkylation sites (tertiary alicyclic amines) is 1. The van der Waals surface area contributed by atoms with Crippen LogP contribution in [0.3, 0.4) is 0 Å². The Hall–Kier alpha value is -2.28. The number of anilines is 1. The number of nitrogens with one attached hydrogen (secondary N) is 1. The van der Waals surface area contributed by atoms with Crippen LogP contribution in [0.5, 0.6) is 0 Å². The van der Waals surface area contributed by atoms with E-state index in [1.165, 1.54) is 4.90 Å². The van der Waals surface area contributed by atoms with Crippen molar-refractivity contribution in [1.29, 1.82) is 0 Å². The summed E-state index contributed by atoms with van der Waals surface area (Å²) in [6.07, 6.45) is 0.505. The summed E-state index contributed by atoms with van der Waals surface area (Å²) in [5.74, 6) is -0.308. The number of hydrogen-bond donors (Lipinski definition) is 1. The number of cyclic esters (lactones) is 1. The number of halogens is 1. The van der Waals surface area contributed by atoms with E-state index < -0.39 is 6.09 Å². The van der Waals surface area contributed by atoms with E-state index in [1.807, 2.05) is 0 Å². The molecule has 23 heavy (non-hydrogen) atoms. The van der Waals surface area contributed by atoms with Gasteiger partial charge >= 0.3 is 12.1 Å². The number of ether oxygens (including phenoxy) is 1. The molecule has 0 atom stereocenters. The van der Waals surface area contributed by atoms with Crippen molar-refractivity contribution < 1.29 is 19.1 Å². The molecule has 0 spiro atoms. The van der Waals surface area contributed by atoms with Crippen LogP contribution < -0.4 is 5.32 Å². The molecule has 0 saturated carbocycles. The molecule has 1 N–H and O–H groups in total. The first-order chi connectivity index (χ1) is 11.0. The zero-order chi connectivity index (χ0) is 16.4. The first-order valence-electron chi connectivity index (χ1n) is 7.35. The fourth-order valence-electron chi connectivity index (χ4n) is 2.81. The molecule has 1 aromatic rings. The maximum atomic E-state index is 12.2. The van der Waals surface area contributed by atoms with Crippen molar-refractivity contribution in [2.45, 2.75) is 18.9 Å². The van der Waals surface area contributed by atoms with Gasteiger partial charge in [0.25, 0.3) is 5.91 Å². The average molecular weight is 338 g/mol. The fraction of sp³-hybridized carbons (Fsp3) is 0.400. The topological polar surface area (TPSA) is 79.0 Å². The van der Waals surface area contributed by atoms with Gasteiger partial charge in [-0.25, -0.2) is 14.5 Å². The number of amides is 4. The van der Waals surface area contributed by atoms with Gasteiger partial charge in [0.15, 0.2) is 6.61 Å². The molecule has 0 aromatic heterocycles. The van der Waals surface area contributed by atoms with Crippen LogP contribution in [0.4, 0.5) is 15.3 Å². The summed E-state index contributed by atoms with van der Waals surface area (Å²) in [6.45, 7) is 0.747. The lowest BCUT2D eigenvalue weighted by Gasteiger charge is -2.34. The van der Waals surface area contributed by atoms with E-state index >= 15 is 0 Å². The third-order valence-corrected chi connectivity index (χ3v) is 4.21. The van der Waals surface area contributed by atoms with Crippen molar-refractivity contribution in [2.75, 3.05) is 25.0 Å². The van der Waals surface area contributed by atoms with Crippen molar-refractivity contribution in [1.82, 2.24) is 9.80 Å². The Bertz CT molecular complexity index is 627. The van der Waals surface area contributed by atoms with Gasteiger partial charge in [0.2, 0.25) is 0 Å². The van der Waals surface area contributed by atoms with E-state index in [-0.39, 0.29) is 24.6 Å². The molecule has 122 valence electrons. The number of urea groups is 1. The molecule has 4 amide bonds. The number of carbonyl (C=O) groups is 3. The van der Waals surface area contributed by atoms with E-state index in [9.17, 15) is 14.4 Å². The van der Waals surface area contributed by atoms with Crippen molar-refractivity contribution in [3.05, 3.63) is 29.3 Å². The van der Waals surface area contributed by atoms with E-state index in [4.69, 9.17) is 16.3 Å². The van der Waals surface area contributed by atoms with E-state index in [1.54, 1.807) is 29.2 Å². The number of piperidine rings is 1. The largest absolute Gasteiger partial charge is 0.439 e. The third kappa shape index (κ3) is 3.39. The molecule has 2 fully saturated rings. The van der Waals surface area contributed by atoms with Gasteiger partial charge in [-0.15, -0.1) is 0 Å². The zero-order valence-electron chi connectivity index (χ0n) is 12.3. The lowest BCUT2D eigenvalue weighted by Crippen LogP contribution is -2.49. The van der Waals surface area contributed by atoms with Crippen molar-refractivity contribution >= 4 is 35.3 Å². The highest BCUT2D eigenvalue weighted by molar-refractivity contribution is 6.30. The van der Waals surface area contributed by atoms with Crippen molar-refractivity contribution in [2.24, 2.45) is 0 Å². The molecule has 1 aromatic carbocycles. The standard InChI is InChI=1S/C15H16ClN3O4/c16-10-2-1-3-11(8-10)17-14(21)18-6-4-12(5-7-18)19-13(20)9-23-15(19)22/h1-3,8,12H,4-7,9H2,(H,17,21). The van der Waals surface area contributed by atoms with Gasteiger partial charge in [-0.3, -0.25) is 4.79 Å². The minimum Gasteiger partial charge on any atom is -0.439 e. The van der Waals surface area contributed by atoms with Crippen LogP contribution in [0.2, 0.25) is 5.02 Å². The second-order valence-corrected chi connectivity index (χ2v) is 5.91. The van der Waals surface area contributed by atoms with Gasteiger partial charge in [0.1, 0.15) is 0 Å². The number of rotatable bonds is 2. The predicted molar refractivity (Wildman–Crippen MR) is 83.3 cm³/mol. The molecule has 2 saturated heterocycles. The van der Waals surface area contributed by atoms with E-state index in [0.29, 0.717) is 36.6 Å². The maximum absolute atomic E-state index is 12.2. The summed E-state index contributed by atoms with van der Waals surface area (Å²) in [5.41, 5.74) is 0.628. The third-order valence-electron chi connectivity index (χ3n) is 3.98. The summed E-state index contributed by atoms with van der Waals surface area (Å²) >= 11 is 5.89. The Morgan fingerprint density at radius 3 is 2.61 bits per heavy atom.